The van der Waals surface area contributed by atoms with Gasteiger partial charge in [0, 0.05) is 50.0 Å². The minimum absolute atomic E-state index is 0.0316. The van der Waals surface area contributed by atoms with Gasteiger partial charge in [0.2, 0.25) is 5.91 Å². The quantitative estimate of drug-likeness (QED) is 0.807. The number of para-hydroxylation sites is 1. The number of aliphatic hydroxyl groups is 1. The van der Waals surface area contributed by atoms with Gasteiger partial charge in [-0.2, -0.15) is 0 Å². The average Bonchev–Trinajstić information content (AvgIpc) is 3.13. The largest absolute Gasteiger partial charge is 0.385 e. The molecule has 5 heteroatoms. The zero-order valence-corrected chi connectivity index (χ0v) is 18.5. The maximum Gasteiger partial charge on any atom is 0.230 e. The molecule has 1 atom stereocenters. The van der Waals surface area contributed by atoms with Gasteiger partial charge in [0.25, 0.3) is 0 Å². The van der Waals surface area contributed by atoms with E-state index in [-0.39, 0.29) is 11.8 Å². The number of piperazine rings is 1. The van der Waals surface area contributed by atoms with Gasteiger partial charge in [-0.3, -0.25) is 4.79 Å². The Labute approximate surface area is 185 Å². The van der Waals surface area contributed by atoms with Gasteiger partial charge in [0.15, 0.2) is 0 Å². The van der Waals surface area contributed by atoms with Crippen LogP contribution in [-0.2, 0) is 16.8 Å². The first kappa shape index (κ1) is 20.5. The number of anilines is 2. The van der Waals surface area contributed by atoms with Crippen molar-refractivity contribution in [2.45, 2.75) is 37.7 Å². The summed E-state index contributed by atoms with van der Waals surface area (Å²) < 4.78 is 0. The lowest BCUT2D eigenvalue weighted by Crippen LogP contribution is -2.44. The summed E-state index contributed by atoms with van der Waals surface area (Å²) in [6, 6.07) is 16.6. The Bertz CT molecular complexity index is 930. The Kier molecular flexibility index (Phi) is 5.49. The third-order valence-electron chi connectivity index (χ3n) is 7.52. The van der Waals surface area contributed by atoms with Crippen LogP contribution in [0.1, 0.15) is 36.8 Å². The molecule has 3 fully saturated rings. The van der Waals surface area contributed by atoms with Crippen molar-refractivity contribution >= 4 is 17.3 Å². The molecule has 2 aromatic carbocycles. The van der Waals surface area contributed by atoms with Gasteiger partial charge in [-0.1, -0.05) is 30.3 Å². The number of carbonyl (C=O) groups excluding carboxylic acids is 1. The molecule has 5 rings (SSSR count). The highest BCUT2D eigenvalue weighted by Crippen LogP contribution is 2.41. The lowest BCUT2D eigenvalue weighted by molar-refractivity contribution is -0.120. The second-order valence-electron chi connectivity index (χ2n) is 9.53. The highest BCUT2D eigenvalue weighted by Gasteiger charge is 2.37. The third kappa shape index (κ3) is 3.97. The van der Waals surface area contributed by atoms with Gasteiger partial charge in [-0.15, -0.1) is 0 Å². The number of hydrogen-bond donors (Lipinski definition) is 1. The SMILES string of the molecule is CN1CCN(c2ccccc2C[C@H]2CCN(c3ccc(C4(O)CCC4)cc3)C2=O)CC1. The van der Waals surface area contributed by atoms with Gasteiger partial charge in [-0.25, -0.2) is 0 Å². The Morgan fingerprint density at radius 1 is 0.968 bits per heavy atom. The summed E-state index contributed by atoms with van der Waals surface area (Å²) in [6.45, 7) is 5.00. The zero-order chi connectivity index (χ0) is 21.4. The summed E-state index contributed by atoms with van der Waals surface area (Å²) in [4.78, 5) is 20.0. The molecular weight excluding hydrogens is 386 g/mol. The van der Waals surface area contributed by atoms with E-state index in [0.29, 0.717) is 0 Å². The van der Waals surface area contributed by atoms with Crippen molar-refractivity contribution in [3.63, 3.8) is 0 Å². The van der Waals surface area contributed by atoms with Gasteiger partial charge in [0.1, 0.15) is 0 Å². The van der Waals surface area contributed by atoms with Crippen LogP contribution in [-0.4, -0.2) is 55.7 Å². The van der Waals surface area contributed by atoms with Crippen LogP contribution in [0.2, 0.25) is 0 Å². The fourth-order valence-corrected chi connectivity index (χ4v) is 5.24. The first-order chi connectivity index (χ1) is 15.0. The molecule has 2 heterocycles. The van der Waals surface area contributed by atoms with Crippen molar-refractivity contribution in [3.8, 4) is 0 Å². The molecule has 2 aromatic rings. The van der Waals surface area contributed by atoms with Crippen LogP contribution in [0.25, 0.3) is 0 Å². The lowest BCUT2D eigenvalue weighted by atomic mass is 9.75. The molecule has 1 aliphatic carbocycles. The summed E-state index contributed by atoms with van der Waals surface area (Å²) in [5.74, 6) is 0.257. The molecule has 5 nitrogen and oxygen atoms in total. The molecule has 2 aliphatic heterocycles. The van der Waals surface area contributed by atoms with Crippen molar-refractivity contribution in [2.75, 3.05) is 49.6 Å². The maximum absolute atomic E-state index is 13.2. The Balaban J connectivity index is 1.28. The van der Waals surface area contributed by atoms with Crippen LogP contribution >= 0.6 is 0 Å². The van der Waals surface area contributed by atoms with E-state index < -0.39 is 5.60 Å². The van der Waals surface area contributed by atoms with Crippen LogP contribution in [0.15, 0.2) is 48.5 Å². The lowest BCUT2D eigenvalue weighted by Gasteiger charge is -2.37. The highest BCUT2D eigenvalue weighted by molar-refractivity contribution is 5.97. The molecule has 164 valence electrons. The van der Waals surface area contributed by atoms with Crippen molar-refractivity contribution in [1.82, 2.24) is 4.90 Å². The summed E-state index contributed by atoms with van der Waals surface area (Å²) in [5.41, 5.74) is 3.86. The van der Waals surface area contributed by atoms with E-state index in [0.717, 1.165) is 76.1 Å². The molecule has 1 N–H and O–H groups in total. The van der Waals surface area contributed by atoms with E-state index in [2.05, 4.69) is 41.1 Å². The van der Waals surface area contributed by atoms with Crippen LogP contribution in [0.4, 0.5) is 11.4 Å². The summed E-state index contributed by atoms with van der Waals surface area (Å²) >= 11 is 0. The van der Waals surface area contributed by atoms with Gasteiger partial charge >= 0.3 is 0 Å². The predicted octanol–water partition coefficient (Wildman–Crippen LogP) is 3.41. The molecule has 0 spiro atoms. The van der Waals surface area contributed by atoms with E-state index in [9.17, 15) is 9.90 Å². The van der Waals surface area contributed by atoms with Crippen molar-refractivity contribution in [3.05, 3.63) is 59.7 Å². The van der Waals surface area contributed by atoms with Gasteiger partial charge < -0.3 is 19.8 Å². The second-order valence-corrected chi connectivity index (χ2v) is 9.53. The van der Waals surface area contributed by atoms with Gasteiger partial charge in [-0.05, 0) is 68.5 Å². The number of benzene rings is 2. The molecule has 0 unspecified atom stereocenters. The van der Waals surface area contributed by atoms with Crippen LogP contribution in [0.5, 0.6) is 0 Å². The molecule has 2 saturated heterocycles. The fourth-order valence-electron chi connectivity index (χ4n) is 5.24. The van der Waals surface area contributed by atoms with E-state index in [4.69, 9.17) is 0 Å². The van der Waals surface area contributed by atoms with Crippen molar-refractivity contribution in [2.24, 2.45) is 5.92 Å². The molecule has 1 saturated carbocycles. The number of hydrogen-bond acceptors (Lipinski definition) is 4. The number of rotatable bonds is 5. The van der Waals surface area contributed by atoms with Crippen LogP contribution in [0, 0.1) is 5.92 Å². The second kappa shape index (κ2) is 8.29. The Morgan fingerprint density at radius 2 is 1.68 bits per heavy atom. The van der Waals surface area contributed by atoms with Crippen LogP contribution < -0.4 is 9.80 Å². The van der Waals surface area contributed by atoms with Crippen molar-refractivity contribution in [1.29, 1.82) is 0 Å². The summed E-state index contributed by atoms with van der Waals surface area (Å²) in [7, 11) is 2.17. The number of likely N-dealkylation sites (N-methyl/N-ethyl adjacent to an activating group) is 1. The number of nitrogens with zero attached hydrogens (tertiary/aromatic N) is 3. The number of amides is 1. The van der Waals surface area contributed by atoms with E-state index in [1.54, 1.807) is 0 Å². The maximum atomic E-state index is 13.2. The molecule has 1 amide bonds. The molecule has 0 bridgehead atoms. The molecule has 0 radical (unpaired) electrons. The van der Waals surface area contributed by atoms with Crippen LogP contribution in [0.3, 0.4) is 0 Å². The predicted molar refractivity (Wildman–Crippen MR) is 125 cm³/mol. The standard InChI is InChI=1S/C26H33N3O2/c1-27-15-17-28(18-16-27)24-6-3-2-5-20(24)19-21-11-14-29(25(21)30)23-9-7-22(8-10-23)26(31)12-4-13-26/h2-3,5-10,21,31H,4,11-19H2,1H3/t21-/m1/s1. The molecule has 31 heavy (non-hydrogen) atoms. The van der Waals surface area contributed by atoms with E-state index >= 15 is 0 Å². The Hall–Kier alpha value is -2.37. The summed E-state index contributed by atoms with van der Waals surface area (Å²) in [6.07, 6.45) is 4.45. The molecule has 3 aliphatic rings. The fraction of sp³-hybridized carbons (Fsp3) is 0.500. The first-order valence-corrected chi connectivity index (χ1v) is 11.7. The smallest absolute Gasteiger partial charge is 0.230 e. The van der Waals surface area contributed by atoms with E-state index in [1.165, 1.54) is 11.3 Å². The zero-order valence-electron chi connectivity index (χ0n) is 18.5. The monoisotopic (exact) mass is 419 g/mol. The Morgan fingerprint density at radius 3 is 2.35 bits per heavy atom. The average molecular weight is 420 g/mol. The minimum Gasteiger partial charge on any atom is -0.385 e. The molecular formula is C26H33N3O2. The third-order valence-corrected chi connectivity index (χ3v) is 7.52. The van der Waals surface area contributed by atoms with Crippen molar-refractivity contribution < 1.29 is 9.90 Å². The number of carbonyl (C=O) groups is 1. The highest BCUT2D eigenvalue weighted by atomic mass is 16.3. The normalized spacial score (nSPS) is 23.8. The van der Waals surface area contributed by atoms with Gasteiger partial charge in [0.05, 0.1) is 5.60 Å². The first-order valence-electron chi connectivity index (χ1n) is 11.7. The topological polar surface area (TPSA) is 47.0 Å². The molecule has 0 aromatic heterocycles. The summed E-state index contributed by atoms with van der Waals surface area (Å²) in [5, 5.41) is 10.6. The van der Waals surface area contributed by atoms with E-state index in [1.807, 2.05) is 29.2 Å². The minimum atomic E-state index is -0.650.